The van der Waals surface area contributed by atoms with E-state index in [0.29, 0.717) is 11.7 Å². The van der Waals surface area contributed by atoms with E-state index < -0.39 is 0 Å². The second-order valence-electron chi connectivity index (χ2n) is 4.55. The number of H-pyrrole nitrogens is 1. The highest BCUT2D eigenvalue weighted by Gasteiger charge is 2.18. The fourth-order valence-corrected chi connectivity index (χ4v) is 1.77. The third-order valence-electron chi connectivity index (χ3n) is 1.95. The monoisotopic (exact) mass is 276 g/mol. The number of amides is 1. The van der Waals surface area contributed by atoms with Gasteiger partial charge in [0.15, 0.2) is 0 Å². The van der Waals surface area contributed by atoms with Crippen molar-refractivity contribution in [3.05, 3.63) is 5.82 Å². The Kier molecular flexibility index (Phi) is 5.27. The zero-order valence-corrected chi connectivity index (χ0v) is 11.8. The number of aromatic amines is 1. The summed E-state index contributed by atoms with van der Waals surface area (Å²) in [6.07, 6.45) is 0. The second-order valence-corrected chi connectivity index (χ2v) is 5.88. The molecule has 0 atom stereocenters. The van der Waals surface area contributed by atoms with Gasteiger partial charge in [0.2, 0.25) is 11.1 Å². The number of aromatic nitrogens is 3. The summed E-state index contributed by atoms with van der Waals surface area (Å²) in [5.41, 5.74) is -0.0291. The number of hydrogen-bond acceptors (Lipinski definition) is 4. The first kappa shape index (κ1) is 14.3. The Morgan fingerprint density at radius 2 is 2.24 bits per heavy atom. The average molecular weight is 277 g/mol. The fraction of sp³-hybridized carbons (Fsp3) is 0.700. The zero-order chi connectivity index (χ0) is 12.9. The number of thioether (sulfide) groups is 1. The molecule has 0 aliphatic carbocycles. The van der Waals surface area contributed by atoms with Gasteiger partial charge in [0.1, 0.15) is 11.7 Å². The number of nitrogens with one attached hydrogen (secondary N) is 2. The van der Waals surface area contributed by atoms with Crippen LogP contribution >= 0.6 is 23.4 Å². The van der Waals surface area contributed by atoms with Crippen molar-refractivity contribution in [1.29, 1.82) is 0 Å². The van der Waals surface area contributed by atoms with E-state index in [9.17, 15) is 4.79 Å². The van der Waals surface area contributed by atoms with Gasteiger partial charge in [-0.2, -0.15) is 0 Å². The van der Waals surface area contributed by atoms with Gasteiger partial charge in [-0.25, -0.2) is 4.98 Å². The molecule has 0 radical (unpaired) electrons. The number of rotatable bonds is 5. The maximum Gasteiger partial charge on any atom is 0.234 e. The predicted molar refractivity (Wildman–Crippen MR) is 69.5 cm³/mol. The standard InChI is InChI=1S/C10H17ClN4OS/c1-10(2,3)8-13-9(15-14-8)17-5-4-12-7(16)6-11/h4-6H2,1-3H3,(H,12,16)(H,13,14,15). The summed E-state index contributed by atoms with van der Waals surface area (Å²) in [5, 5.41) is 10.4. The molecule has 0 unspecified atom stereocenters. The van der Waals surface area contributed by atoms with E-state index in [1.165, 1.54) is 11.8 Å². The Hall–Kier alpha value is -0.750. The first-order valence-corrected chi connectivity index (χ1v) is 6.84. The van der Waals surface area contributed by atoms with Gasteiger partial charge in [-0.1, -0.05) is 32.5 Å². The molecule has 0 saturated carbocycles. The number of hydrogen-bond donors (Lipinski definition) is 2. The Morgan fingerprint density at radius 1 is 1.53 bits per heavy atom. The largest absolute Gasteiger partial charge is 0.354 e. The molecule has 96 valence electrons. The molecule has 1 amide bonds. The molecule has 1 heterocycles. The molecule has 0 aliphatic rings. The summed E-state index contributed by atoms with van der Waals surface area (Å²) in [5.74, 6) is 1.44. The third-order valence-corrected chi connectivity index (χ3v) is 3.04. The molecule has 0 saturated heterocycles. The number of carbonyl (C=O) groups is 1. The highest BCUT2D eigenvalue weighted by atomic mass is 35.5. The van der Waals surface area contributed by atoms with Gasteiger partial charge in [0.25, 0.3) is 0 Å². The van der Waals surface area contributed by atoms with Crippen LogP contribution in [0.4, 0.5) is 0 Å². The van der Waals surface area contributed by atoms with Crippen LogP contribution in [0.3, 0.4) is 0 Å². The van der Waals surface area contributed by atoms with Crippen LogP contribution in [-0.4, -0.2) is 39.3 Å². The summed E-state index contributed by atoms with van der Waals surface area (Å²) in [6.45, 7) is 6.78. The van der Waals surface area contributed by atoms with Gasteiger partial charge < -0.3 is 5.32 Å². The maximum atomic E-state index is 10.9. The molecule has 2 N–H and O–H groups in total. The van der Waals surface area contributed by atoms with Crippen LogP contribution in [0.5, 0.6) is 0 Å². The number of nitrogens with zero attached hydrogens (tertiary/aromatic N) is 2. The van der Waals surface area contributed by atoms with Gasteiger partial charge in [-0.05, 0) is 0 Å². The number of alkyl halides is 1. The van der Waals surface area contributed by atoms with Crippen molar-refractivity contribution in [2.75, 3.05) is 18.2 Å². The molecule has 0 fully saturated rings. The lowest BCUT2D eigenvalue weighted by Crippen LogP contribution is -2.26. The summed E-state index contributed by atoms with van der Waals surface area (Å²) >= 11 is 6.85. The summed E-state index contributed by atoms with van der Waals surface area (Å²) in [4.78, 5) is 15.2. The number of carbonyl (C=O) groups excluding carboxylic acids is 1. The van der Waals surface area contributed by atoms with E-state index in [2.05, 4.69) is 41.3 Å². The molecular weight excluding hydrogens is 260 g/mol. The lowest BCUT2D eigenvalue weighted by Gasteiger charge is -2.12. The molecule has 17 heavy (non-hydrogen) atoms. The van der Waals surface area contributed by atoms with Crippen LogP contribution in [0.25, 0.3) is 0 Å². The zero-order valence-electron chi connectivity index (χ0n) is 10.2. The minimum Gasteiger partial charge on any atom is -0.354 e. The van der Waals surface area contributed by atoms with Crippen molar-refractivity contribution in [3.8, 4) is 0 Å². The van der Waals surface area contributed by atoms with Crippen LogP contribution in [0.2, 0.25) is 0 Å². The van der Waals surface area contributed by atoms with E-state index in [1.54, 1.807) is 0 Å². The summed E-state index contributed by atoms with van der Waals surface area (Å²) in [6, 6.07) is 0. The first-order chi connectivity index (χ1) is 7.93. The smallest absolute Gasteiger partial charge is 0.234 e. The van der Waals surface area contributed by atoms with Crippen molar-refractivity contribution in [3.63, 3.8) is 0 Å². The lowest BCUT2D eigenvalue weighted by atomic mass is 9.96. The molecule has 1 aromatic heterocycles. The SMILES string of the molecule is CC(C)(C)c1nc(SCCNC(=O)CCl)n[nH]1. The third kappa shape index (κ3) is 4.95. The molecule has 5 nitrogen and oxygen atoms in total. The molecule has 0 aliphatic heterocycles. The normalized spacial score (nSPS) is 11.5. The van der Waals surface area contributed by atoms with Crippen LogP contribution in [0.1, 0.15) is 26.6 Å². The van der Waals surface area contributed by atoms with Gasteiger partial charge in [-0.3, -0.25) is 9.89 Å². The molecule has 0 bridgehead atoms. The van der Waals surface area contributed by atoms with E-state index in [1.807, 2.05) is 0 Å². The van der Waals surface area contributed by atoms with Gasteiger partial charge in [0.05, 0.1) is 0 Å². The van der Waals surface area contributed by atoms with E-state index in [0.717, 1.165) is 11.6 Å². The molecule has 0 aromatic carbocycles. The summed E-state index contributed by atoms with van der Waals surface area (Å²) in [7, 11) is 0. The van der Waals surface area contributed by atoms with Crippen LogP contribution in [0, 0.1) is 0 Å². The number of halogens is 1. The van der Waals surface area contributed by atoms with Crippen LogP contribution < -0.4 is 5.32 Å². The van der Waals surface area contributed by atoms with E-state index in [4.69, 9.17) is 11.6 Å². The molecule has 1 rings (SSSR count). The van der Waals surface area contributed by atoms with E-state index >= 15 is 0 Å². The highest BCUT2D eigenvalue weighted by Crippen LogP contribution is 2.20. The second kappa shape index (κ2) is 6.26. The van der Waals surface area contributed by atoms with Gasteiger partial charge in [-0.15, -0.1) is 16.7 Å². The quantitative estimate of drug-likeness (QED) is 0.486. The molecule has 1 aromatic rings. The molecular formula is C10H17ClN4OS. The predicted octanol–water partition coefficient (Wildman–Crippen LogP) is 1.55. The highest BCUT2D eigenvalue weighted by molar-refractivity contribution is 7.99. The van der Waals surface area contributed by atoms with Gasteiger partial charge >= 0.3 is 0 Å². The minimum absolute atomic E-state index is 0.000502. The molecule has 7 heteroatoms. The van der Waals surface area contributed by atoms with Crippen LogP contribution in [-0.2, 0) is 10.2 Å². The van der Waals surface area contributed by atoms with Crippen LogP contribution in [0.15, 0.2) is 5.16 Å². The molecule has 0 spiro atoms. The summed E-state index contributed by atoms with van der Waals surface area (Å²) < 4.78 is 0. The Bertz CT molecular complexity index is 375. The van der Waals surface area contributed by atoms with Crippen molar-refractivity contribution < 1.29 is 4.79 Å². The Labute approximate surface area is 110 Å². The topological polar surface area (TPSA) is 70.7 Å². The van der Waals surface area contributed by atoms with Crippen molar-refractivity contribution in [1.82, 2.24) is 20.5 Å². The Balaban J connectivity index is 2.33. The Morgan fingerprint density at radius 3 is 2.76 bits per heavy atom. The lowest BCUT2D eigenvalue weighted by molar-refractivity contribution is -0.118. The van der Waals surface area contributed by atoms with Crippen molar-refractivity contribution in [2.24, 2.45) is 0 Å². The fourth-order valence-electron chi connectivity index (χ4n) is 1.03. The average Bonchev–Trinajstić information content (AvgIpc) is 2.72. The van der Waals surface area contributed by atoms with Gasteiger partial charge in [0, 0.05) is 17.7 Å². The maximum absolute atomic E-state index is 10.9. The first-order valence-electron chi connectivity index (χ1n) is 5.32. The minimum atomic E-state index is -0.155. The van der Waals surface area contributed by atoms with E-state index in [-0.39, 0.29) is 17.2 Å². The van der Waals surface area contributed by atoms with Crippen molar-refractivity contribution in [2.45, 2.75) is 31.3 Å². The van der Waals surface area contributed by atoms with Crippen molar-refractivity contribution >= 4 is 29.3 Å².